The Hall–Kier alpha value is -1.59. The third kappa shape index (κ3) is 2.32. The number of carbonyl (C=O) groups is 1. The minimum Gasteiger partial charge on any atom is -0.478 e. The number of rotatable bonds is 3. The molecule has 82 valence electrons. The van der Waals surface area contributed by atoms with E-state index in [2.05, 4.69) is 4.98 Å². The first-order chi connectivity index (χ1) is 7.66. The molecule has 0 aliphatic carbocycles. The number of ether oxygens (including phenoxy) is 1. The van der Waals surface area contributed by atoms with Gasteiger partial charge >= 0.3 is 5.97 Å². The highest BCUT2D eigenvalue weighted by Gasteiger charge is 2.12. The van der Waals surface area contributed by atoms with Crippen molar-refractivity contribution in [3.05, 3.63) is 40.4 Å². The molecule has 4 nitrogen and oxygen atoms in total. The number of hydrogen-bond donors (Lipinski definition) is 1. The molecule has 1 aromatic carbocycles. The zero-order valence-corrected chi connectivity index (χ0v) is 9.46. The van der Waals surface area contributed by atoms with Gasteiger partial charge in [0.05, 0.1) is 0 Å². The van der Waals surface area contributed by atoms with Crippen LogP contribution in [-0.2, 0) is 0 Å². The lowest BCUT2D eigenvalue weighted by atomic mass is 10.2. The molecule has 2 rings (SSSR count). The second kappa shape index (κ2) is 4.51. The van der Waals surface area contributed by atoms with Crippen LogP contribution in [0.1, 0.15) is 10.4 Å². The predicted octanol–water partition coefficient (Wildman–Crippen LogP) is 3.29. The van der Waals surface area contributed by atoms with Crippen molar-refractivity contribution in [2.24, 2.45) is 0 Å². The van der Waals surface area contributed by atoms with Gasteiger partial charge in [-0.1, -0.05) is 35.1 Å². The number of hydrogen-bond acceptors (Lipinski definition) is 4. The number of thiazole rings is 1. The molecule has 0 unspecified atom stereocenters. The van der Waals surface area contributed by atoms with E-state index in [1.165, 1.54) is 17.4 Å². The van der Waals surface area contributed by atoms with E-state index in [-0.39, 0.29) is 11.3 Å². The number of carboxylic acid groups (broad SMARTS) is 1. The Balaban J connectivity index is 2.31. The van der Waals surface area contributed by atoms with Crippen molar-refractivity contribution in [2.75, 3.05) is 0 Å². The lowest BCUT2D eigenvalue weighted by molar-refractivity contribution is 0.0694. The van der Waals surface area contributed by atoms with Gasteiger partial charge in [0.1, 0.15) is 16.5 Å². The standard InChI is InChI=1S/C10H6ClNO3S/c11-8-5-16-10(12-8)15-7-4-2-1-3-6(7)9(13)14/h1-5H,(H,13,14). The maximum absolute atomic E-state index is 10.9. The molecule has 0 atom stereocenters. The molecule has 0 aliphatic rings. The van der Waals surface area contributed by atoms with Crippen LogP contribution >= 0.6 is 22.9 Å². The van der Waals surface area contributed by atoms with Gasteiger partial charge in [-0.05, 0) is 12.1 Å². The first-order valence-electron chi connectivity index (χ1n) is 4.28. The van der Waals surface area contributed by atoms with Crippen LogP contribution in [0, 0.1) is 0 Å². The van der Waals surface area contributed by atoms with Crippen molar-refractivity contribution >= 4 is 28.9 Å². The number of para-hydroxylation sites is 1. The number of aromatic nitrogens is 1. The van der Waals surface area contributed by atoms with Crippen LogP contribution in [0.3, 0.4) is 0 Å². The average Bonchev–Trinajstić information content (AvgIpc) is 2.64. The molecule has 6 heteroatoms. The van der Waals surface area contributed by atoms with E-state index >= 15 is 0 Å². The van der Waals surface area contributed by atoms with Crippen LogP contribution in [0.25, 0.3) is 0 Å². The second-order valence-corrected chi connectivity index (χ2v) is 4.05. The van der Waals surface area contributed by atoms with Crippen LogP contribution in [0.2, 0.25) is 5.15 Å². The zero-order chi connectivity index (χ0) is 11.5. The molecular formula is C10H6ClNO3S. The van der Waals surface area contributed by atoms with Crippen LogP contribution in [-0.4, -0.2) is 16.1 Å². The van der Waals surface area contributed by atoms with E-state index in [0.717, 1.165) is 0 Å². The van der Waals surface area contributed by atoms with Crippen molar-refractivity contribution in [1.82, 2.24) is 4.98 Å². The third-order valence-corrected chi connectivity index (χ3v) is 2.81. The smallest absolute Gasteiger partial charge is 0.339 e. The molecular weight excluding hydrogens is 250 g/mol. The van der Waals surface area contributed by atoms with Gasteiger partial charge in [0.15, 0.2) is 0 Å². The minimum atomic E-state index is -1.04. The molecule has 0 saturated carbocycles. The molecule has 0 radical (unpaired) electrons. The average molecular weight is 256 g/mol. The van der Waals surface area contributed by atoms with Crippen molar-refractivity contribution < 1.29 is 14.6 Å². The highest BCUT2D eigenvalue weighted by Crippen LogP contribution is 2.29. The summed E-state index contributed by atoms with van der Waals surface area (Å²) >= 11 is 6.84. The molecule has 16 heavy (non-hydrogen) atoms. The highest BCUT2D eigenvalue weighted by atomic mass is 35.5. The molecule has 1 N–H and O–H groups in total. The van der Waals surface area contributed by atoms with Gasteiger partial charge in [0.25, 0.3) is 5.19 Å². The normalized spacial score (nSPS) is 10.1. The zero-order valence-electron chi connectivity index (χ0n) is 7.88. The summed E-state index contributed by atoms with van der Waals surface area (Å²) in [6.45, 7) is 0. The topological polar surface area (TPSA) is 59.4 Å². The van der Waals surface area contributed by atoms with Crippen molar-refractivity contribution in [3.8, 4) is 10.9 Å². The molecule has 0 amide bonds. The van der Waals surface area contributed by atoms with Crippen LogP contribution in [0.4, 0.5) is 0 Å². The monoisotopic (exact) mass is 255 g/mol. The van der Waals surface area contributed by atoms with Gasteiger partial charge in [-0.15, -0.1) is 0 Å². The Labute approximate surface area is 100 Å². The summed E-state index contributed by atoms with van der Waals surface area (Å²) in [5.74, 6) is -0.792. The van der Waals surface area contributed by atoms with Gasteiger partial charge in [0.2, 0.25) is 0 Å². The molecule has 2 aromatic rings. The van der Waals surface area contributed by atoms with E-state index in [1.807, 2.05) is 0 Å². The van der Waals surface area contributed by atoms with Crippen molar-refractivity contribution in [2.45, 2.75) is 0 Å². The Morgan fingerprint density at radius 3 is 2.81 bits per heavy atom. The van der Waals surface area contributed by atoms with Gasteiger partial charge in [-0.25, -0.2) is 4.79 Å². The van der Waals surface area contributed by atoms with Crippen molar-refractivity contribution in [3.63, 3.8) is 0 Å². The SMILES string of the molecule is O=C(O)c1ccccc1Oc1nc(Cl)cs1. The number of halogens is 1. The van der Waals surface area contributed by atoms with E-state index in [0.29, 0.717) is 10.3 Å². The van der Waals surface area contributed by atoms with Crippen LogP contribution < -0.4 is 4.74 Å². The van der Waals surface area contributed by atoms with E-state index in [9.17, 15) is 4.79 Å². The van der Waals surface area contributed by atoms with E-state index < -0.39 is 5.97 Å². The summed E-state index contributed by atoms with van der Waals surface area (Å²) in [5, 5.41) is 11.2. The summed E-state index contributed by atoms with van der Waals surface area (Å²) in [6.07, 6.45) is 0. The fourth-order valence-electron chi connectivity index (χ4n) is 1.11. The fourth-order valence-corrected chi connectivity index (χ4v) is 1.91. The molecule has 0 saturated heterocycles. The Morgan fingerprint density at radius 1 is 1.44 bits per heavy atom. The summed E-state index contributed by atoms with van der Waals surface area (Å²) < 4.78 is 5.33. The van der Waals surface area contributed by atoms with Crippen molar-refractivity contribution in [1.29, 1.82) is 0 Å². The molecule has 0 fully saturated rings. The number of benzene rings is 1. The van der Waals surface area contributed by atoms with Crippen LogP contribution in [0.15, 0.2) is 29.6 Å². The number of nitrogens with zero attached hydrogens (tertiary/aromatic N) is 1. The summed E-state index contributed by atoms with van der Waals surface area (Å²) in [4.78, 5) is 14.8. The van der Waals surface area contributed by atoms with E-state index in [1.54, 1.807) is 23.6 Å². The molecule has 1 aromatic heterocycles. The largest absolute Gasteiger partial charge is 0.478 e. The number of carboxylic acids is 1. The third-order valence-electron chi connectivity index (χ3n) is 1.77. The maximum Gasteiger partial charge on any atom is 0.339 e. The number of aromatic carboxylic acids is 1. The molecule has 1 heterocycles. The van der Waals surface area contributed by atoms with Gasteiger partial charge in [0, 0.05) is 5.38 Å². The Kier molecular flexibility index (Phi) is 3.07. The van der Waals surface area contributed by atoms with Gasteiger partial charge in [-0.3, -0.25) is 0 Å². The van der Waals surface area contributed by atoms with Gasteiger partial charge in [-0.2, -0.15) is 4.98 Å². The Morgan fingerprint density at radius 2 is 2.19 bits per heavy atom. The lowest BCUT2D eigenvalue weighted by Crippen LogP contribution is -1.99. The van der Waals surface area contributed by atoms with Gasteiger partial charge < -0.3 is 9.84 Å². The molecule has 0 aliphatic heterocycles. The summed E-state index contributed by atoms with van der Waals surface area (Å²) in [6, 6.07) is 6.35. The first-order valence-corrected chi connectivity index (χ1v) is 5.54. The summed E-state index contributed by atoms with van der Waals surface area (Å²) in [7, 11) is 0. The fraction of sp³-hybridized carbons (Fsp3) is 0. The predicted molar refractivity (Wildman–Crippen MR) is 60.6 cm³/mol. The molecule has 0 bridgehead atoms. The second-order valence-electron chi connectivity index (χ2n) is 2.84. The molecule has 0 spiro atoms. The van der Waals surface area contributed by atoms with Crippen LogP contribution in [0.5, 0.6) is 10.9 Å². The quantitative estimate of drug-likeness (QED) is 0.914. The summed E-state index contributed by atoms with van der Waals surface area (Å²) in [5.41, 5.74) is 0.0915. The van der Waals surface area contributed by atoms with E-state index in [4.69, 9.17) is 21.4 Å². The first kappa shape index (κ1) is 10.9. The Bertz CT molecular complexity index is 526. The highest BCUT2D eigenvalue weighted by molar-refractivity contribution is 7.11. The minimum absolute atomic E-state index is 0.0915. The maximum atomic E-state index is 10.9. The lowest BCUT2D eigenvalue weighted by Gasteiger charge is -2.04.